The molecule has 0 aliphatic heterocycles. The summed E-state index contributed by atoms with van der Waals surface area (Å²) in [5, 5.41) is 14.7. The molecule has 2 aromatic rings. The van der Waals surface area contributed by atoms with Crippen LogP contribution in [0.25, 0.3) is 0 Å². The van der Waals surface area contributed by atoms with E-state index in [9.17, 15) is 5.11 Å². The summed E-state index contributed by atoms with van der Waals surface area (Å²) >= 11 is 13.9. The van der Waals surface area contributed by atoms with Gasteiger partial charge in [-0.15, -0.1) is 11.8 Å². The van der Waals surface area contributed by atoms with E-state index < -0.39 is 0 Å². The molecule has 0 radical (unpaired) electrons. The second kappa shape index (κ2) is 9.69. The molecule has 0 amide bonds. The number of halogens is 2. The normalized spacial score (nSPS) is 13.7. The molecule has 2 atom stereocenters. The molecule has 2 aromatic carbocycles. The van der Waals surface area contributed by atoms with Crippen molar-refractivity contribution in [3.8, 4) is 0 Å². The molecule has 0 aromatic heterocycles. The van der Waals surface area contributed by atoms with Crippen molar-refractivity contribution in [2.45, 2.75) is 36.5 Å². The van der Waals surface area contributed by atoms with E-state index in [1.807, 2.05) is 19.1 Å². The van der Waals surface area contributed by atoms with Gasteiger partial charge in [-0.3, -0.25) is 0 Å². The monoisotopic (exact) mass is 383 g/mol. The zero-order chi connectivity index (χ0) is 17.5. The van der Waals surface area contributed by atoms with Gasteiger partial charge in [0, 0.05) is 33.2 Å². The third-order valence-corrected chi connectivity index (χ3v) is 5.64. The number of aliphatic hydroxyl groups excluding tert-OH is 1. The average molecular weight is 384 g/mol. The van der Waals surface area contributed by atoms with Crippen molar-refractivity contribution in [3.63, 3.8) is 0 Å². The molecule has 24 heavy (non-hydrogen) atoms. The van der Waals surface area contributed by atoms with Crippen molar-refractivity contribution in [1.82, 2.24) is 5.32 Å². The van der Waals surface area contributed by atoms with Crippen molar-refractivity contribution in [1.29, 1.82) is 0 Å². The number of aliphatic hydroxyl groups is 1. The molecule has 0 bridgehead atoms. The maximum absolute atomic E-state index is 10.2. The highest BCUT2D eigenvalue weighted by Crippen LogP contribution is 2.29. The van der Waals surface area contributed by atoms with Crippen molar-refractivity contribution in [3.05, 3.63) is 63.6 Å². The minimum atomic E-state index is -0.378. The van der Waals surface area contributed by atoms with Crippen LogP contribution in [0.15, 0.2) is 47.4 Å². The van der Waals surface area contributed by atoms with Gasteiger partial charge in [0.05, 0.1) is 6.10 Å². The molecule has 0 spiro atoms. The van der Waals surface area contributed by atoms with Gasteiger partial charge in [-0.1, -0.05) is 55.2 Å². The molecule has 0 aliphatic carbocycles. The molecule has 130 valence electrons. The van der Waals surface area contributed by atoms with Crippen LogP contribution in [-0.4, -0.2) is 24.3 Å². The van der Waals surface area contributed by atoms with Gasteiger partial charge < -0.3 is 10.4 Å². The first-order valence-corrected chi connectivity index (χ1v) is 9.81. The number of hydrogen-bond donors (Lipinski definition) is 2. The van der Waals surface area contributed by atoms with Crippen LogP contribution >= 0.6 is 35.0 Å². The lowest BCUT2D eigenvalue weighted by Crippen LogP contribution is -2.30. The highest BCUT2D eigenvalue weighted by molar-refractivity contribution is 7.98. The number of nitrogens with one attached hydrogen (secondary N) is 1. The van der Waals surface area contributed by atoms with E-state index in [0.29, 0.717) is 16.6 Å². The minimum absolute atomic E-state index is 0.105. The van der Waals surface area contributed by atoms with Crippen LogP contribution in [0.2, 0.25) is 10.0 Å². The molecule has 2 N–H and O–H groups in total. The van der Waals surface area contributed by atoms with E-state index in [-0.39, 0.29) is 12.0 Å². The Labute approximate surface area is 158 Å². The molecule has 0 fully saturated rings. The van der Waals surface area contributed by atoms with Gasteiger partial charge in [-0.05, 0) is 41.9 Å². The van der Waals surface area contributed by atoms with E-state index in [4.69, 9.17) is 23.2 Å². The lowest BCUT2D eigenvalue weighted by atomic mass is 9.95. The number of thioether (sulfide) groups is 1. The molecule has 2 unspecified atom stereocenters. The zero-order valence-electron chi connectivity index (χ0n) is 13.9. The van der Waals surface area contributed by atoms with Gasteiger partial charge in [0.15, 0.2) is 0 Å². The molecule has 2 rings (SSSR count). The Bertz CT molecular complexity index is 648. The van der Waals surface area contributed by atoms with Gasteiger partial charge in [0.1, 0.15) is 0 Å². The molecule has 0 saturated carbocycles. The highest BCUT2D eigenvalue weighted by Gasteiger charge is 2.15. The first-order valence-electron chi connectivity index (χ1n) is 8.06. The summed E-state index contributed by atoms with van der Waals surface area (Å²) in [5.74, 6) is 0.905. The fraction of sp³-hybridized carbons (Fsp3) is 0.368. The number of benzene rings is 2. The quantitative estimate of drug-likeness (QED) is 0.601. The minimum Gasteiger partial charge on any atom is -0.391 e. The van der Waals surface area contributed by atoms with E-state index in [1.165, 1.54) is 4.90 Å². The Hall–Kier alpha value is -0.710. The smallest absolute Gasteiger partial charge is 0.0730 e. The Morgan fingerprint density at radius 1 is 1.12 bits per heavy atom. The topological polar surface area (TPSA) is 32.3 Å². The van der Waals surface area contributed by atoms with E-state index >= 15 is 0 Å². The Morgan fingerprint density at radius 2 is 1.83 bits per heavy atom. The lowest BCUT2D eigenvalue weighted by molar-refractivity contribution is 0.147. The summed E-state index contributed by atoms with van der Waals surface area (Å²) in [4.78, 5) is 1.18. The van der Waals surface area contributed by atoms with Gasteiger partial charge in [0.2, 0.25) is 0 Å². The van der Waals surface area contributed by atoms with Crippen LogP contribution in [-0.2, 0) is 5.75 Å². The molecule has 0 saturated heterocycles. The molecule has 2 nitrogen and oxygen atoms in total. The molecule has 0 aliphatic rings. The molecular formula is C19H23Cl2NOS. The summed E-state index contributed by atoms with van der Waals surface area (Å²) in [6.07, 6.45) is -0.378. The highest BCUT2D eigenvalue weighted by atomic mass is 35.5. The predicted octanol–water partition coefficient (Wildman–Crippen LogP) is 5.36. The van der Waals surface area contributed by atoms with Crippen molar-refractivity contribution in [2.24, 2.45) is 0 Å². The van der Waals surface area contributed by atoms with E-state index in [0.717, 1.165) is 23.4 Å². The van der Waals surface area contributed by atoms with Crippen LogP contribution in [0.4, 0.5) is 0 Å². The summed E-state index contributed by atoms with van der Waals surface area (Å²) < 4.78 is 0. The van der Waals surface area contributed by atoms with Crippen LogP contribution in [0.5, 0.6) is 0 Å². The Kier molecular flexibility index (Phi) is 7.92. The predicted molar refractivity (Wildman–Crippen MR) is 105 cm³/mol. The standard InChI is InChI=1S/C19H23Cl2NOS/c1-3-22-11-19(23)13(2)14-5-8-17(9-6-14)24-12-15-4-7-16(20)10-18(15)21/h4-10,13,19,22-23H,3,11-12H2,1-2H3. The molecule has 5 heteroatoms. The van der Waals surface area contributed by atoms with Gasteiger partial charge in [0.25, 0.3) is 0 Å². The molecular weight excluding hydrogens is 361 g/mol. The van der Waals surface area contributed by atoms with E-state index in [1.54, 1.807) is 17.8 Å². The van der Waals surface area contributed by atoms with Crippen molar-refractivity contribution in [2.75, 3.05) is 13.1 Å². The van der Waals surface area contributed by atoms with Crippen LogP contribution in [0.3, 0.4) is 0 Å². The van der Waals surface area contributed by atoms with Crippen molar-refractivity contribution < 1.29 is 5.11 Å². The summed E-state index contributed by atoms with van der Waals surface area (Å²) in [6, 6.07) is 14.0. The van der Waals surface area contributed by atoms with E-state index in [2.05, 4.69) is 36.5 Å². The van der Waals surface area contributed by atoms with Crippen LogP contribution in [0.1, 0.15) is 30.9 Å². The van der Waals surface area contributed by atoms with Gasteiger partial charge in [-0.2, -0.15) is 0 Å². The first kappa shape index (κ1) is 19.6. The first-order chi connectivity index (χ1) is 11.5. The summed E-state index contributed by atoms with van der Waals surface area (Å²) in [5.41, 5.74) is 2.22. The van der Waals surface area contributed by atoms with Crippen LogP contribution in [0, 0.1) is 0 Å². The fourth-order valence-electron chi connectivity index (χ4n) is 2.36. The van der Waals surface area contributed by atoms with Gasteiger partial charge in [-0.25, -0.2) is 0 Å². The average Bonchev–Trinajstić information content (AvgIpc) is 2.58. The fourth-order valence-corrected chi connectivity index (χ4v) is 3.82. The SMILES string of the molecule is CCNCC(O)C(C)c1ccc(SCc2ccc(Cl)cc2Cl)cc1. The number of rotatable bonds is 8. The second-order valence-corrected chi connectivity index (χ2v) is 7.65. The summed E-state index contributed by atoms with van der Waals surface area (Å²) in [7, 11) is 0. The van der Waals surface area contributed by atoms with Gasteiger partial charge >= 0.3 is 0 Å². The number of hydrogen-bond acceptors (Lipinski definition) is 3. The third kappa shape index (κ3) is 5.68. The largest absolute Gasteiger partial charge is 0.391 e. The lowest BCUT2D eigenvalue weighted by Gasteiger charge is -2.19. The number of likely N-dealkylation sites (N-methyl/N-ethyl adjacent to an activating group) is 1. The zero-order valence-corrected chi connectivity index (χ0v) is 16.3. The maximum Gasteiger partial charge on any atom is 0.0730 e. The second-order valence-electron chi connectivity index (χ2n) is 5.76. The molecule has 0 heterocycles. The van der Waals surface area contributed by atoms with Crippen molar-refractivity contribution >= 4 is 35.0 Å². The maximum atomic E-state index is 10.2. The summed E-state index contributed by atoms with van der Waals surface area (Å²) in [6.45, 7) is 5.57. The Balaban J connectivity index is 1.94. The van der Waals surface area contributed by atoms with Crippen LogP contribution < -0.4 is 5.32 Å². The third-order valence-electron chi connectivity index (χ3n) is 4.00. The Morgan fingerprint density at radius 3 is 2.46 bits per heavy atom.